The molecule has 0 radical (unpaired) electrons. The van der Waals surface area contributed by atoms with Gasteiger partial charge in [0.1, 0.15) is 23.2 Å². The predicted octanol–water partition coefficient (Wildman–Crippen LogP) is 4.87. The van der Waals surface area contributed by atoms with Crippen molar-refractivity contribution in [3.05, 3.63) is 109 Å². The molecule has 0 saturated carbocycles. The number of aromatic nitrogens is 4. The molecule has 0 atom stereocenters. The molecule has 0 amide bonds. The third kappa shape index (κ3) is 5.74. The Balaban J connectivity index is 1.69. The van der Waals surface area contributed by atoms with E-state index in [1.807, 2.05) is 0 Å². The smallest absolute Gasteiger partial charge is 0.417 e. The topological polar surface area (TPSA) is 99.2 Å². The Bertz CT molecular complexity index is 1660. The van der Waals surface area contributed by atoms with E-state index in [0.29, 0.717) is 23.1 Å². The molecule has 0 aliphatic heterocycles. The molecule has 4 aromatic heterocycles. The Labute approximate surface area is 225 Å². The van der Waals surface area contributed by atoms with E-state index in [-0.39, 0.29) is 34.5 Å². The summed E-state index contributed by atoms with van der Waals surface area (Å²) >= 11 is 6.35. The highest BCUT2D eigenvalue weighted by atomic mass is 35.5. The minimum atomic E-state index is -4.51. The Morgan fingerprint density at radius 1 is 1.03 bits per heavy atom. The highest BCUT2D eigenvalue weighted by Crippen LogP contribution is 2.29. The van der Waals surface area contributed by atoms with E-state index in [2.05, 4.69) is 9.97 Å². The number of hydrogen-bond acceptors (Lipinski definition) is 6. The molecule has 204 valence electrons. The van der Waals surface area contributed by atoms with Gasteiger partial charge < -0.3 is 9.84 Å². The molecule has 0 bridgehead atoms. The fourth-order valence-corrected chi connectivity index (χ4v) is 4.12. The first-order chi connectivity index (χ1) is 18.2. The van der Waals surface area contributed by atoms with Gasteiger partial charge in [0.25, 0.3) is 11.1 Å². The molecule has 0 aliphatic carbocycles. The Morgan fingerprint density at radius 2 is 1.74 bits per heavy atom. The molecule has 0 aliphatic rings. The average molecular weight is 561 g/mol. The van der Waals surface area contributed by atoms with Crippen LogP contribution in [0.15, 0.2) is 64.6 Å². The van der Waals surface area contributed by atoms with Gasteiger partial charge in [-0.15, -0.1) is 0 Å². The van der Waals surface area contributed by atoms with Crippen molar-refractivity contribution >= 4 is 11.6 Å². The van der Waals surface area contributed by atoms with Gasteiger partial charge in [-0.05, 0) is 57.5 Å². The van der Waals surface area contributed by atoms with E-state index >= 15 is 0 Å². The molecular weight excluding hydrogens is 537 g/mol. The van der Waals surface area contributed by atoms with E-state index in [4.69, 9.17) is 16.3 Å². The van der Waals surface area contributed by atoms with Crippen LogP contribution in [0.3, 0.4) is 0 Å². The van der Waals surface area contributed by atoms with Gasteiger partial charge in [-0.1, -0.05) is 11.6 Å². The highest BCUT2D eigenvalue weighted by Gasteiger charge is 2.30. The molecule has 0 unspecified atom stereocenters. The zero-order valence-corrected chi connectivity index (χ0v) is 22.1. The predicted molar refractivity (Wildman–Crippen MR) is 139 cm³/mol. The third-order valence-corrected chi connectivity index (χ3v) is 6.33. The number of aryl methyl sites for hydroxylation is 2. The summed E-state index contributed by atoms with van der Waals surface area (Å²) in [7, 11) is 0. The lowest BCUT2D eigenvalue weighted by Crippen LogP contribution is -2.31. The number of aliphatic hydroxyl groups is 1. The van der Waals surface area contributed by atoms with Gasteiger partial charge in [-0.3, -0.25) is 23.7 Å². The van der Waals surface area contributed by atoms with Gasteiger partial charge in [0, 0.05) is 42.0 Å². The largest absolute Gasteiger partial charge is 0.485 e. The van der Waals surface area contributed by atoms with Crippen LogP contribution in [0.1, 0.15) is 41.9 Å². The second-order valence-electron chi connectivity index (χ2n) is 9.41. The van der Waals surface area contributed by atoms with Crippen molar-refractivity contribution < 1.29 is 23.0 Å². The van der Waals surface area contributed by atoms with Crippen LogP contribution in [0.25, 0.3) is 11.5 Å². The molecule has 1 N–H and O–H groups in total. The second-order valence-corrected chi connectivity index (χ2v) is 9.79. The Kier molecular flexibility index (Phi) is 7.42. The number of nitrogens with zero attached hydrogens (tertiary/aromatic N) is 4. The molecule has 0 spiro atoms. The first-order valence-electron chi connectivity index (χ1n) is 11.7. The number of halogens is 4. The minimum absolute atomic E-state index is 0.0399. The van der Waals surface area contributed by atoms with Crippen LogP contribution in [0.2, 0.25) is 5.02 Å². The second kappa shape index (κ2) is 10.3. The van der Waals surface area contributed by atoms with E-state index < -0.39 is 28.5 Å². The lowest BCUT2D eigenvalue weighted by Gasteiger charge is -2.19. The molecule has 12 heteroatoms. The lowest BCUT2D eigenvalue weighted by molar-refractivity contribution is -0.137. The minimum Gasteiger partial charge on any atom is -0.485 e. The monoisotopic (exact) mass is 560 g/mol. The molecular formula is C27H24ClF3N4O4. The molecule has 4 heterocycles. The summed E-state index contributed by atoms with van der Waals surface area (Å²) in [4.78, 5) is 34.4. The number of rotatable bonds is 6. The number of hydrogen-bond donors (Lipinski definition) is 1. The molecule has 0 fully saturated rings. The molecule has 8 nitrogen and oxygen atoms in total. The van der Waals surface area contributed by atoms with Crippen molar-refractivity contribution in [3.63, 3.8) is 0 Å². The number of alkyl halides is 3. The van der Waals surface area contributed by atoms with Crippen LogP contribution in [0.4, 0.5) is 13.2 Å². The summed E-state index contributed by atoms with van der Waals surface area (Å²) in [5.74, 6) is 0.265. The molecule has 0 aromatic carbocycles. The van der Waals surface area contributed by atoms with E-state index in [9.17, 15) is 27.9 Å². The zero-order chi connectivity index (χ0) is 28.7. The SMILES string of the molecule is Cc1cnc(-n2cccc(C(C)(C)O)c2=O)cc1-n1c(C)cc(OCc2ccc(C(F)(F)F)cn2)c(Cl)c1=O. The third-order valence-electron chi connectivity index (χ3n) is 5.98. The maximum Gasteiger partial charge on any atom is 0.417 e. The van der Waals surface area contributed by atoms with Crippen LogP contribution < -0.4 is 15.9 Å². The van der Waals surface area contributed by atoms with Gasteiger partial charge in [-0.2, -0.15) is 13.2 Å². The van der Waals surface area contributed by atoms with Gasteiger partial charge in [0.05, 0.1) is 22.5 Å². The average Bonchev–Trinajstić information content (AvgIpc) is 2.86. The number of ether oxygens (including phenoxy) is 1. The summed E-state index contributed by atoms with van der Waals surface area (Å²) in [6.45, 7) is 6.19. The van der Waals surface area contributed by atoms with Crippen LogP contribution in [-0.2, 0) is 18.4 Å². The van der Waals surface area contributed by atoms with E-state index in [1.165, 1.54) is 53.6 Å². The maximum absolute atomic E-state index is 13.3. The fraction of sp³-hybridized carbons (Fsp3) is 0.259. The fourth-order valence-electron chi connectivity index (χ4n) is 3.93. The van der Waals surface area contributed by atoms with Crippen LogP contribution in [-0.4, -0.2) is 24.2 Å². The van der Waals surface area contributed by atoms with Gasteiger partial charge >= 0.3 is 6.18 Å². The van der Waals surface area contributed by atoms with Gasteiger partial charge in [-0.25, -0.2) is 4.98 Å². The van der Waals surface area contributed by atoms with Crippen LogP contribution >= 0.6 is 11.6 Å². The van der Waals surface area contributed by atoms with Crippen molar-refractivity contribution in [1.82, 2.24) is 19.1 Å². The molecule has 0 saturated heterocycles. The Morgan fingerprint density at radius 3 is 2.36 bits per heavy atom. The van der Waals surface area contributed by atoms with E-state index in [1.54, 1.807) is 26.0 Å². The van der Waals surface area contributed by atoms with Gasteiger partial charge in [0.15, 0.2) is 0 Å². The van der Waals surface area contributed by atoms with Crippen molar-refractivity contribution in [2.24, 2.45) is 0 Å². The Hall–Kier alpha value is -3.96. The quantitative estimate of drug-likeness (QED) is 0.361. The van der Waals surface area contributed by atoms with Crippen LogP contribution in [0.5, 0.6) is 5.75 Å². The normalized spacial score (nSPS) is 12.0. The molecule has 39 heavy (non-hydrogen) atoms. The highest BCUT2D eigenvalue weighted by molar-refractivity contribution is 6.31. The van der Waals surface area contributed by atoms with Crippen molar-refractivity contribution in [3.8, 4) is 17.3 Å². The lowest BCUT2D eigenvalue weighted by atomic mass is 10.0. The summed E-state index contributed by atoms with van der Waals surface area (Å²) in [6, 6.07) is 8.30. The molecule has 4 aromatic rings. The summed E-state index contributed by atoms with van der Waals surface area (Å²) in [6.07, 6.45) is -0.785. The van der Waals surface area contributed by atoms with Gasteiger partial charge in [0.2, 0.25) is 0 Å². The number of pyridine rings is 4. The summed E-state index contributed by atoms with van der Waals surface area (Å²) < 4.78 is 46.5. The summed E-state index contributed by atoms with van der Waals surface area (Å²) in [5, 5.41) is 10.1. The molecule has 4 rings (SSSR count). The van der Waals surface area contributed by atoms with Crippen molar-refractivity contribution in [2.75, 3.05) is 0 Å². The maximum atomic E-state index is 13.3. The summed E-state index contributed by atoms with van der Waals surface area (Å²) in [5.41, 5.74) is -1.46. The standard InChI is InChI=1S/C27H24ClF3N4O4/c1-15-12-33-22(34-9-5-6-19(24(34)36)26(3,4)38)11-20(15)35-16(2)10-21(23(28)25(35)37)39-14-18-8-7-17(13-32-18)27(29,30)31/h5-13,38H,14H2,1-4H3. The zero-order valence-electron chi connectivity index (χ0n) is 21.4. The van der Waals surface area contributed by atoms with E-state index in [0.717, 1.165) is 6.07 Å². The first kappa shape index (κ1) is 28.1. The van der Waals surface area contributed by atoms with Crippen LogP contribution in [0, 0.1) is 13.8 Å². The van der Waals surface area contributed by atoms with Crippen molar-refractivity contribution in [2.45, 2.75) is 46.1 Å². The van der Waals surface area contributed by atoms with Crippen molar-refractivity contribution in [1.29, 1.82) is 0 Å². The first-order valence-corrected chi connectivity index (χ1v) is 12.1.